The fraction of sp³-hybridized carbons (Fsp3) is 0.0909. The van der Waals surface area contributed by atoms with Gasteiger partial charge in [0.1, 0.15) is 5.82 Å². The predicted octanol–water partition coefficient (Wildman–Crippen LogP) is 5.46. The normalized spacial score (nSPS) is 11.0. The van der Waals surface area contributed by atoms with Crippen molar-refractivity contribution in [2.24, 2.45) is 0 Å². The second-order valence-corrected chi connectivity index (χ2v) is 8.35. The van der Waals surface area contributed by atoms with Crippen molar-refractivity contribution in [1.82, 2.24) is 4.98 Å². The number of carbonyl (C=O) groups is 1. The molecule has 2 heterocycles. The van der Waals surface area contributed by atoms with Crippen LogP contribution in [0.2, 0.25) is 0 Å². The van der Waals surface area contributed by atoms with Crippen LogP contribution in [0.5, 0.6) is 0 Å². The number of hydrogen-bond acceptors (Lipinski definition) is 5. The maximum atomic E-state index is 11.4. The van der Waals surface area contributed by atoms with Crippen molar-refractivity contribution in [1.29, 1.82) is 0 Å². The van der Waals surface area contributed by atoms with Crippen molar-refractivity contribution in [3.63, 3.8) is 0 Å². The van der Waals surface area contributed by atoms with E-state index in [1.54, 1.807) is 11.8 Å². The van der Waals surface area contributed by atoms with E-state index >= 15 is 0 Å². The van der Waals surface area contributed by atoms with Gasteiger partial charge in [0, 0.05) is 22.2 Å². The summed E-state index contributed by atoms with van der Waals surface area (Å²) < 4.78 is 0.688. The third-order valence-electron chi connectivity index (χ3n) is 4.47. The van der Waals surface area contributed by atoms with Gasteiger partial charge in [-0.3, -0.25) is 0 Å². The second-order valence-electron chi connectivity index (χ2n) is 6.43. The molecule has 0 saturated heterocycles. The SMILES string of the molecule is Nc1ncc(C(=O)O)c2scc(CSc3cccc(Cc4ccccc4)c3)c12. The Balaban J connectivity index is 1.54. The van der Waals surface area contributed by atoms with E-state index < -0.39 is 5.97 Å². The molecular formula is C22H18N2O2S2. The van der Waals surface area contributed by atoms with Gasteiger partial charge >= 0.3 is 5.97 Å². The molecule has 28 heavy (non-hydrogen) atoms. The van der Waals surface area contributed by atoms with E-state index in [9.17, 15) is 9.90 Å². The molecule has 0 aliphatic rings. The number of carboxylic acid groups (broad SMARTS) is 1. The van der Waals surface area contributed by atoms with Gasteiger partial charge in [0.15, 0.2) is 0 Å². The van der Waals surface area contributed by atoms with Crippen molar-refractivity contribution in [3.05, 3.63) is 88.4 Å². The monoisotopic (exact) mass is 406 g/mol. The molecular weight excluding hydrogens is 388 g/mol. The minimum Gasteiger partial charge on any atom is -0.478 e. The minimum absolute atomic E-state index is 0.204. The lowest BCUT2D eigenvalue weighted by molar-refractivity contribution is 0.0699. The van der Waals surface area contributed by atoms with Crippen molar-refractivity contribution in [3.8, 4) is 0 Å². The predicted molar refractivity (Wildman–Crippen MR) is 116 cm³/mol. The van der Waals surface area contributed by atoms with Gasteiger partial charge in [-0.2, -0.15) is 0 Å². The molecule has 0 unspecified atom stereocenters. The molecule has 140 valence electrons. The third-order valence-corrected chi connectivity index (χ3v) is 6.58. The van der Waals surface area contributed by atoms with E-state index in [-0.39, 0.29) is 5.56 Å². The quantitative estimate of drug-likeness (QED) is 0.416. The fourth-order valence-electron chi connectivity index (χ4n) is 3.13. The summed E-state index contributed by atoms with van der Waals surface area (Å²) in [6.07, 6.45) is 2.23. The summed E-state index contributed by atoms with van der Waals surface area (Å²) in [5.74, 6) is 0.117. The molecule has 2 aromatic carbocycles. The zero-order valence-electron chi connectivity index (χ0n) is 15.0. The van der Waals surface area contributed by atoms with Crippen molar-refractivity contribution in [2.45, 2.75) is 17.1 Å². The minimum atomic E-state index is -0.979. The van der Waals surface area contributed by atoms with Gasteiger partial charge in [0.25, 0.3) is 0 Å². The molecule has 4 aromatic rings. The van der Waals surface area contributed by atoms with Crippen LogP contribution in [0.4, 0.5) is 5.82 Å². The molecule has 4 rings (SSSR count). The average molecular weight is 407 g/mol. The lowest BCUT2D eigenvalue weighted by Gasteiger charge is -2.07. The molecule has 0 spiro atoms. The number of hydrogen-bond donors (Lipinski definition) is 2. The number of pyridine rings is 1. The molecule has 4 nitrogen and oxygen atoms in total. The second kappa shape index (κ2) is 8.04. The Labute approximate surface area is 171 Å². The molecule has 0 atom stereocenters. The van der Waals surface area contributed by atoms with Gasteiger partial charge in [-0.25, -0.2) is 9.78 Å². The first kappa shape index (κ1) is 18.5. The van der Waals surface area contributed by atoms with Crippen LogP contribution in [0.3, 0.4) is 0 Å². The van der Waals surface area contributed by atoms with Gasteiger partial charge in [0.2, 0.25) is 0 Å². The molecule has 3 N–H and O–H groups in total. The maximum Gasteiger partial charge on any atom is 0.338 e. The van der Waals surface area contributed by atoms with Crippen molar-refractivity contribution in [2.75, 3.05) is 5.73 Å². The van der Waals surface area contributed by atoms with Gasteiger partial charge in [-0.05, 0) is 40.6 Å². The summed E-state index contributed by atoms with van der Waals surface area (Å²) in [4.78, 5) is 16.7. The van der Waals surface area contributed by atoms with Crippen LogP contribution < -0.4 is 5.73 Å². The third kappa shape index (κ3) is 3.88. The smallest absolute Gasteiger partial charge is 0.338 e. The highest BCUT2D eigenvalue weighted by molar-refractivity contribution is 7.98. The van der Waals surface area contributed by atoms with Crippen LogP contribution in [-0.4, -0.2) is 16.1 Å². The average Bonchev–Trinajstić information content (AvgIpc) is 3.12. The van der Waals surface area contributed by atoms with Crippen LogP contribution >= 0.6 is 23.1 Å². The van der Waals surface area contributed by atoms with E-state index in [0.29, 0.717) is 16.3 Å². The maximum absolute atomic E-state index is 11.4. The number of anilines is 1. The Hall–Kier alpha value is -2.83. The van der Waals surface area contributed by atoms with Crippen molar-refractivity contribution < 1.29 is 9.90 Å². The number of fused-ring (bicyclic) bond motifs is 1. The van der Waals surface area contributed by atoms with E-state index in [1.165, 1.54) is 33.6 Å². The largest absolute Gasteiger partial charge is 0.478 e. The van der Waals surface area contributed by atoms with Crippen LogP contribution in [0, 0.1) is 0 Å². The molecule has 0 amide bonds. The zero-order chi connectivity index (χ0) is 19.5. The standard InChI is InChI=1S/C22H18N2O2S2/c23-21-19-16(13-28-20(19)18(11-24-21)22(25)26)12-27-17-8-4-7-15(10-17)9-14-5-2-1-3-6-14/h1-8,10-11,13H,9,12H2,(H2,23,24)(H,25,26). The first-order valence-corrected chi connectivity index (χ1v) is 10.6. The number of nitrogens with zero attached hydrogens (tertiary/aromatic N) is 1. The van der Waals surface area contributed by atoms with Crippen LogP contribution in [0.25, 0.3) is 10.1 Å². The number of nitrogens with two attached hydrogens (primary N) is 1. The van der Waals surface area contributed by atoms with Gasteiger partial charge in [-0.1, -0.05) is 42.5 Å². The number of benzene rings is 2. The van der Waals surface area contributed by atoms with Crippen LogP contribution in [0.15, 0.2) is 71.1 Å². The number of nitrogen functional groups attached to an aromatic ring is 1. The molecule has 2 aromatic heterocycles. The molecule has 0 bridgehead atoms. The lowest BCUT2D eigenvalue weighted by atomic mass is 10.1. The Morgan fingerprint density at radius 3 is 2.68 bits per heavy atom. The van der Waals surface area contributed by atoms with E-state index in [4.69, 9.17) is 5.73 Å². The molecule has 0 saturated carbocycles. The molecule has 0 aliphatic carbocycles. The first-order valence-electron chi connectivity index (χ1n) is 8.75. The molecule has 0 aliphatic heterocycles. The summed E-state index contributed by atoms with van der Waals surface area (Å²) in [7, 11) is 0. The van der Waals surface area contributed by atoms with Crippen molar-refractivity contribution >= 4 is 45.0 Å². The Kier molecular flexibility index (Phi) is 5.32. The van der Waals surface area contributed by atoms with Crippen LogP contribution in [-0.2, 0) is 12.2 Å². The highest BCUT2D eigenvalue weighted by Gasteiger charge is 2.16. The van der Waals surface area contributed by atoms with E-state index in [2.05, 4.69) is 53.5 Å². The van der Waals surface area contributed by atoms with Gasteiger partial charge in [-0.15, -0.1) is 23.1 Å². The Morgan fingerprint density at radius 1 is 1.11 bits per heavy atom. The number of aromatic carboxylic acids is 1. The summed E-state index contributed by atoms with van der Waals surface area (Å²) in [6.45, 7) is 0. The number of aromatic nitrogens is 1. The first-order chi connectivity index (χ1) is 13.6. The van der Waals surface area contributed by atoms with E-state index in [0.717, 1.165) is 17.4 Å². The van der Waals surface area contributed by atoms with Gasteiger partial charge < -0.3 is 10.8 Å². The summed E-state index contributed by atoms with van der Waals surface area (Å²) in [5.41, 5.74) is 9.82. The summed E-state index contributed by atoms with van der Waals surface area (Å²) in [5, 5.41) is 12.1. The van der Waals surface area contributed by atoms with E-state index in [1.807, 2.05) is 11.4 Å². The number of carboxylic acids is 1. The number of rotatable bonds is 6. The lowest BCUT2D eigenvalue weighted by Crippen LogP contribution is -2.00. The molecule has 0 fully saturated rings. The van der Waals surface area contributed by atoms with Gasteiger partial charge in [0.05, 0.1) is 10.3 Å². The Bertz CT molecular complexity index is 1140. The topological polar surface area (TPSA) is 76.2 Å². The molecule has 6 heteroatoms. The number of thiophene rings is 1. The molecule has 0 radical (unpaired) electrons. The zero-order valence-corrected chi connectivity index (χ0v) is 16.6. The van der Waals surface area contributed by atoms with Crippen LogP contribution in [0.1, 0.15) is 27.0 Å². The number of thioether (sulfide) groups is 1. The summed E-state index contributed by atoms with van der Waals surface area (Å²) in [6, 6.07) is 18.9. The summed E-state index contributed by atoms with van der Waals surface area (Å²) >= 11 is 3.13. The Morgan fingerprint density at radius 2 is 1.89 bits per heavy atom. The fourth-order valence-corrected chi connectivity index (χ4v) is 5.27. The highest BCUT2D eigenvalue weighted by Crippen LogP contribution is 2.36. The highest BCUT2D eigenvalue weighted by atomic mass is 32.2.